The van der Waals surface area contributed by atoms with Gasteiger partial charge in [-0.15, -0.1) is 0 Å². The standard InChI is InChI=1S/C12H10ClF3N2O/c1-18-10(9(13)6-17-18)11(19)7-3-2-4-8(5-7)12(14,15)16/h2-6,11,19H,1H3. The zero-order valence-corrected chi connectivity index (χ0v) is 10.6. The third-order valence-electron chi connectivity index (χ3n) is 2.73. The first kappa shape index (κ1) is 13.9. The van der Waals surface area contributed by atoms with E-state index in [2.05, 4.69) is 5.10 Å². The lowest BCUT2D eigenvalue weighted by molar-refractivity contribution is -0.137. The molecule has 1 heterocycles. The molecule has 19 heavy (non-hydrogen) atoms. The number of hydrogen-bond acceptors (Lipinski definition) is 2. The van der Waals surface area contributed by atoms with Gasteiger partial charge in [-0.05, 0) is 17.7 Å². The number of hydrogen-bond donors (Lipinski definition) is 1. The first-order valence-electron chi connectivity index (χ1n) is 5.33. The van der Waals surface area contributed by atoms with Crippen LogP contribution >= 0.6 is 11.6 Å². The van der Waals surface area contributed by atoms with Gasteiger partial charge in [0.15, 0.2) is 0 Å². The van der Waals surface area contributed by atoms with Crippen LogP contribution in [0.4, 0.5) is 13.2 Å². The Bertz CT molecular complexity index is 575. The molecule has 0 bridgehead atoms. The molecule has 0 spiro atoms. The minimum absolute atomic E-state index is 0.111. The topological polar surface area (TPSA) is 38.0 Å². The number of aromatic nitrogens is 2. The highest BCUT2D eigenvalue weighted by Crippen LogP contribution is 2.33. The molecular formula is C12H10ClF3N2O. The van der Waals surface area contributed by atoms with Crippen molar-refractivity contribution >= 4 is 11.6 Å². The van der Waals surface area contributed by atoms with Gasteiger partial charge < -0.3 is 5.11 Å². The summed E-state index contributed by atoms with van der Waals surface area (Å²) in [6.07, 6.45) is -4.39. The molecule has 1 atom stereocenters. The van der Waals surface area contributed by atoms with Crippen molar-refractivity contribution in [2.45, 2.75) is 12.3 Å². The van der Waals surface area contributed by atoms with Crippen LogP contribution in [0.5, 0.6) is 0 Å². The van der Waals surface area contributed by atoms with Crippen LogP contribution < -0.4 is 0 Å². The summed E-state index contributed by atoms with van der Waals surface area (Å²) in [6.45, 7) is 0. The quantitative estimate of drug-likeness (QED) is 0.922. The maximum Gasteiger partial charge on any atom is 0.416 e. The molecule has 0 aliphatic heterocycles. The summed E-state index contributed by atoms with van der Waals surface area (Å²) in [5, 5.41) is 14.2. The first-order valence-corrected chi connectivity index (χ1v) is 5.71. The van der Waals surface area contributed by atoms with Gasteiger partial charge in [0.25, 0.3) is 0 Å². The molecular weight excluding hydrogens is 281 g/mol. The maximum atomic E-state index is 12.6. The fourth-order valence-electron chi connectivity index (χ4n) is 1.77. The molecule has 0 aliphatic carbocycles. The second-order valence-electron chi connectivity index (χ2n) is 4.03. The van der Waals surface area contributed by atoms with E-state index in [4.69, 9.17) is 11.6 Å². The van der Waals surface area contributed by atoms with Gasteiger partial charge in [0.1, 0.15) is 6.10 Å². The van der Waals surface area contributed by atoms with Gasteiger partial charge >= 0.3 is 6.18 Å². The molecule has 2 aromatic rings. The Labute approximate surface area is 112 Å². The van der Waals surface area contributed by atoms with E-state index in [0.29, 0.717) is 0 Å². The van der Waals surface area contributed by atoms with E-state index < -0.39 is 17.8 Å². The largest absolute Gasteiger partial charge is 0.416 e. The molecule has 0 amide bonds. The lowest BCUT2D eigenvalue weighted by Crippen LogP contribution is -2.10. The Balaban J connectivity index is 2.43. The molecule has 1 aromatic heterocycles. The molecule has 1 aromatic carbocycles. The van der Waals surface area contributed by atoms with Gasteiger partial charge in [-0.3, -0.25) is 4.68 Å². The summed E-state index contributed by atoms with van der Waals surface area (Å²) in [6, 6.07) is 4.49. The smallest absolute Gasteiger partial charge is 0.382 e. The van der Waals surface area contributed by atoms with Crippen molar-refractivity contribution in [3.63, 3.8) is 0 Å². The molecule has 102 valence electrons. The van der Waals surface area contributed by atoms with Crippen molar-refractivity contribution in [3.8, 4) is 0 Å². The highest BCUT2D eigenvalue weighted by atomic mass is 35.5. The molecule has 1 N–H and O–H groups in total. The maximum absolute atomic E-state index is 12.6. The number of aliphatic hydroxyl groups is 1. The fraction of sp³-hybridized carbons (Fsp3) is 0.250. The van der Waals surface area contributed by atoms with E-state index in [1.54, 1.807) is 7.05 Å². The van der Waals surface area contributed by atoms with Gasteiger partial charge in [-0.2, -0.15) is 18.3 Å². The Hall–Kier alpha value is -1.53. The average molecular weight is 291 g/mol. The van der Waals surface area contributed by atoms with Crippen LogP contribution in [0.15, 0.2) is 30.5 Å². The molecule has 7 heteroatoms. The molecule has 0 radical (unpaired) electrons. The van der Waals surface area contributed by atoms with E-state index in [-0.39, 0.29) is 16.3 Å². The van der Waals surface area contributed by atoms with E-state index in [1.165, 1.54) is 23.0 Å². The van der Waals surface area contributed by atoms with Gasteiger partial charge in [0, 0.05) is 7.05 Å². The highest BCUT2D eigenvalue weighted by Gasteiger charge is 2.31. The normalized spacial score (nSPS) is 13.6. The summed E-state index contributed by atoms with van der Waals surface area (Å²) in [4.78, 5) is 0. The third kappa shape index (κ3) is 2.74. The molecule has 1 unspecified atom stereocenters. The monoisotopic (exact) mass is 290 g/mol. The Kier molecular flexibility index (Phi) is 3.56. The number of aryl methyl sites for hydroxylation is 1. The van der Waals surface area contributed by atoms with Crippen LogP contribution in [0.1, 0.15) is 22.9 Å². The fourth-order valence-corrected chi connectivity index (χ4v) is 2.04. The Morgan fingerprint density at radius 2 is 2.05 bits per heavy atom. The van der Waals surface area contributed by atoms with E-state index in [9.17, 15) is 18.3 Å². The Morgan fingerprint density at radius 3 is 2.58 bits per heavy atom. The van der Waals surface area contributed by atoms with E-state index in [1.807, 2.05) is 0 Å². The van der Waals surface area contributed by atoms with Gasteiger partial charge in [-0.1, -0.05) is 23.7 Å². The Morgan fingerprint density at radius 1 is 1.37 bits per heavy atom. The highest BCUT2D eigenvalue weighted by molar-refractivity contribution is 6.31. The van der Waals surface area contributed by atoms with Crippen molar-refractivity contribution in [1.29, 1.82) is 0 Å². The predicted octanol–water partition coefficient (Wildman–Crippen LogP) is 3.17. The average Bonchev–Trinajstić information content (AvgIpc) is 2.67. The van der Waals surface area contributed by atoms with Crippen molar-refractivity contribution < 1.29 is 18.3 Å². The number of halogens is 4. The van der Waals surface area contributed by atoms with E-state index in [0.717, 1.165) is 12.1 Å². The second-order valence-corrected chi connectivity index (χ2v) is 4.43. The number of nitrogens with zero attached hydrogens (tertiary/aromatic N) is 2. The molecule has 3 nitrogen and oxygen atoms in total. The molecule has 0 saturated carbocycles. The van der Waals surface area contributed by atoms with E-state index >= 15 is 0 Å². The molecule has 0 saturated heterocycles. The third-order valence-corrected chi connectivity index (χ3v) is 3.02. The van der Waals surface area contributed by atoms with Gasteiger partial charge in [-0.25, -0.2) is 0 Å². The minimum atomic E-state index is -4.45. The number of rotatable bonds is 2. The van der Waals surface area contributed by atoms with Crippen LogP contribution in [-0.2, 0) is 13.2 Å². The first-order chi connectivity index (χ1) is 8.80. The van der Waals surface area contributed by atoms with Crippen LogP contribution in [0.25, 0.3) is 0 Å². The number of aliphatic hydroxyl groups excluding tert-OH is 1. The van der Waals surface area contributed by atoms with Crippen LogP contribution in [-0.4, -0.2) is 14.9 Å². The summed E-state index contributed by atoms with van der Waals surface area (Å²) in [7, 11) is 1.55. The number of alkyl halides is 3. The SMILES string of the molecule is Cn1ncc(Cl)c1C(O)c1cccc(C(F)(F)F)c1. The second kappa shape index (κ2) is 4.86. The summed E-state index contributed by atoms with van der Waals surface area (Å²) in [5.74, 6) is 0. The van der Waals surface area contributed by atoms with Crippen molar-refractivity contribution in [1.82, 2.24) is 9.78 Å². The molecule has 2 rings (SSSR count). The predicted molar refractivity (Wildman–Crippen MR) is 63.7 cm³/mol. The molecule has 0 fully saturated rings. The lowest BCUT2D eigenvalue weighted by atomic mass is 10.0. The van der Waals surface area contributed by atoms with Gasteiger partial charge in [0.05, 0.1) is 22.5 Å². The summed E-state index contributed by atoms with van der Waals surface area (Å²) >= 11 is 5.85. The zero-order valence-electron chi connectivity index (χ0n) is 9.82. The zero-order chi connectivity index (χ0) is 14.2. The van der Waals surface area contributed by atoms with Crippen molar-refractivity contribution in [2.75, 3.05) is 0 Å². The lowest BCUT2D eigenvalue weighted by Gasteiger charge is -2.14. The van der Waals surface area contributed by atoms with Crippen LogP contribution in [0, 0.1) is 0 Å². The van der Waals surface area contributed by atoms with Crippen molar-refractivity contribution in [2.24, 2.45) is 7.05 Å². The summed E-state index contributed by atoms with van der Waals surface area (Å²) in [5.41, 5.74) is -0.455. The van der Waals surface area contributed by atoms with Crippen molar-refractivity contribution in [3.05, 3.63) is 52.3 Å². The van der Waals surface area contributed by atoms with Crippen LogP contribution in [0.2, 0.25) is 5.02 Å². The number of benzene rings is 1. The van der Waals surface area contributed by atoms with Gasteiger partial charge in [0.2, 0.25) is 0 Å². The van der Waals surface area contributed by atoms with Crippen LogP contribution in [0.3, 0.4) is 0 Å². The summed E-state index contributed by atoms with van der Waals surface area (Å²) < 4.78 is 39.1. The molecule has 0 aliphatic rings. The minimum Gasteiger partial charge on any atom is -0.382 e.